The Labute approximate surface area is 126 Å². The molecule has 0 unspecified atom stereocenters. The lowest BCUT2D eigenvalue weighted by Gasteiger charge is -2.01. The van der Waals surface area contributed by atoms with Crippen molar-refractivity contribution < 1.29 is 0 Å². The van der Waals surface area contributed by atoms with Gasteiger partial charge in [0.15, 0.2) is 0 Å². The molecule has 1 heterocycles. The summed E-state index contributed by atoms with van der Waals surface area (Å²) in [4.78, 5) is 1.46. The third-order valence-corrected chi connectivity index (χ3v) is 3.22. The maximum absolute atomic E-state index is 9.08. The summed E-state index contributed by atoms with van der Waals surface area (Å²) in [5, 5.41) is 22.1. The Bertz CT molecular complexity index is 819. The minimum atomic E-state index is 0.400. The van der Waals surface area contributed by atoms with E-state index in [1.54, 1.807) is 18.2 Å². The van der Waals surface area contributed by atoms with Crippen LogP contribution in [0.5, 0.6) is 0 Å². The number of aromatic nitrogens is 4. The first-order chi connectivity index (χ1) is 10.3. The molecule has 21 heavy (non-hydrogen) atoms. The second-order valence-corrected chi connectivity index (χ2v) is 4.86. The molecule has 0 saturated heterocycles. The Hall–Kier alpha value is -2.71. The van der Waals surface area contributed by atoms with E-state index in [1.807, 2.05) is 30.3 Å². The van der Waals surface area contributed by atoms with Crippen LogP contribution in [0.25, 0.3) is 11.4 Å². The molecule has 0 bridgehead atoms. The average Bonchev–Trinajstić information content (AvgIpc) is 2.96. The molecule has 2 aromatic carbocycles. The second kappa shape index (κ2) is 5.73. The molecule has 1 aromatic heterocycles. The molecular formula is C15H10ClN5. The number of hydrogen-bond acceptors (Lipinski definition) is 4. The predicted molar refractivity (Wildman–Crippen MR) is 78.5 cm³/mol. The fourth-order valence-corrected chi connectivity index (χ4v) is 2.16. The quantitative estimate of drug-likeness (QED) is 0.745. The Kier molecular flexibility index (Phi) is 3.63. The van der Waals surface area contributed by atoms with Gasteiger partial charge in [-0.2, -0.15) is 10.1 Å². The van der Waals surface area contributed by atoms with Crippen LogP contribution in [-0.4, -0.2) is 20.2 Å². The molecule has 0 aliphatic rings. The highest BCUT2D eigenvalue weighted by atomic mass is 35.5. The number of benzene rings is 2. The van der Waals surface area contributed by atoms with Crippen molar-refractivity contribution in [2.45, 2.75) is 6.54 Å². The van der Waals surface area contributed by atoms with E-state index in [0.717, 1.165) is 11.1 Å². The SMILES string of the molecule is N#Cc1ccccc1Cn1nnc(-c2cccc(Cl)c2)n1. The van der Waals surface area contributed by atoms with Crippen LogP contribution in [0.4, 0.5) is 0 Å². The first-order valence-electron chi connectivity index (χ1n) is 6.28. The molecular weight excluding hydrogens is 286 g/mol. The van der Waals surface area contributed by atoms with Gasteiger partial charge in [-0.1, -0.05) is 41.9 Å². The van der Waals surface area contributed by atoms with E-state index in [2.05, 4.69) is 21.5 Å². The van der Waals surface area contributed by atoms with E-state index < -0.39 is 0 Å². The van der Waals surface area contributed by atoms with Crippen LogP contribution in [0.2, 0.25) is 5.02 Å². The van der Waals surface area contributed by atoms with Gasteiger partial charge in [-0.25, -0.2) is 0 Å². The summed E-state index contributed by atoms with van der Waals surface area (Å²) in [5.74, 6) is 0.506. The van der Waals surface area contributed by atoms with Crippen molar-refractivity contribution >= 4 is 11.6 Å². The van der Waals surface area contributed by atoms with Crippen LogP contribution >= 0.6 is 11.6 Å². The molecule has 0 aliphatic heterocycles. The van der Waals surface area contributed by atoms with E-state index in [-0.39, 0.29) is 0 Å². The van der Waals surface area contributed by atoms with Gasteiger partial charge in [0.2, 0.25) is 5.82 Å². The molecule has 3 aromatic rings. The van der Waals surface area contributed by atoms with Gasteiger partial charge >= 0.3 is 0 Å². The van der Waals surface area contributed by atoms with E-state index in [1.165, 1.54) is 4.80 Å². The number of halogens is 1. The van der Waals surface area contributed by atoms with Crippen LogP contribution in [0.1, 0.15) is 11.1 Å². The van der Waals surface area contributed by atoms with Crippen LogP contribution < -0.4 is 0 Å². The molecule has 3 rings (SSSR count). The van der Waals surface area contributed by atoms with Crippen LogP contribution in [0.3, 0.4) is 0 Å². The Morgan fingerprint density at radius 1 is 1.14 bits per heavy atom. The van der Waals surface area contributed by atoms with Gasteiger partial charge in [-0.15, -0.1) is 10.2 Å². The molecule has 0 spiro atoms. The average molecular weight is 296 g/mol. The van der Waals surface area contributed by atoms with Crippen LogP contribution in [-0.2, 0) is 6.54 Å². The number of nitrogens with zero attached hydrogens (tertiary/aromatic N) is 5. The van der Waals surface area contributed by atoms with Crippen molar-refractivity contribution in [2.75, 3.05) is 0 Å². The van der Waals surface area contributed by atoms with Crippen molar-refractivity contribution in [3.63, 3.8) is 0 Å². The van der Waals surface area contributed by atoms with Gasteiger partial charge in [0.05, 0.1) is 18.2 Å². The number of nitriles is 1. The van der Waals surface area contributed by atoms with Gasteiger partial charge in [0.25, 0.3) is 0 Å². The molecule has 0 fully saturated rings. The molecule has 102 valence electrons. The summed E-state index contributed by atoms with van der Waals surface area (Å²) < 4.78 is 0. The topological polar surface area (TPSA) is 67.4 Å². The van der Waals surface area contributed by atoms with Crippen LogP contribution in [0, 0.1) is 11.3 Å². The lowest BCUT2D eigenvalue weighted by Crippen LogP contribution is -2.05. The summed E-state index contributed by atoms with van der Waals surface area (Å²) >= 11 is 5.95. The van der Waals surface area contributed by atoms with Crippen LogP contribution in [0.15, 0.2) is 48.5 Å². The third kappa shape index (κ3) is 2.91. The Morgan fingerprint density at radius 2 is 2.00 bits per heavy atom. The van der Waals surface area contributed by atoms with Gasteiger partial charge < -0.3 is 0 Å². The standard InChI is InChI=1S/C15H10ClN5/c16-14-7-3-6-11(8-14)15-18-20-21(19-15)10-13-5-2-1-4-12(13)9-17/h1-8H,10H2. The first-order valence-corrected chi connectivity index (χ1v) is 6.66. The largest absolute Gasteiger partial charge is 0.204 e. The summed E-state index contributed by atoms with van der Waals surface area (Å²) in [6, 6.07) is 16.8. The number of tetrazole rings is 1. The van der Waals surface area contributed by atoms with Crippen molar-refractivity contribution in [1.29, 1.82) is 5.26 Å². The van der Waals surface area contributed by atoms with Crippen molar-refractivity contribution in [3.05, 3.63) is 64.7 Å². The summed E-state index contributed by atoms with van der Waals surface area (Å²) in [6.07, 6.45) is 0. The number of rotatable bonds is 3. The molecule has 0 aliphatic carbocycles. The maximum atomic E-state index is 9.08. The zero-order valence-electron chi connectivity index (χ0n) is 10.9. The normalized spacial score (nSPS) is 10.3. The van der Waals surface area contributed by atoms with Gasteiger partial charge in [0.1, 0.15) is 0 Å². The van der Waals surface area contributed by atoms with E-state index in [4.69, 9.17) is 16.9 Å². The molecule has 0 radical (unpaired) electrons. The highest BCUT2D eigenvalue weighted by Gasteiger charge is 2.08. The van der Waals surface area contributed by atoms with Crippen molar-refractivity contribution in [2.24, 2.45) is 0 Å². The van der Waals surface area contributed by atoms with E-state index in [9.17, 15) is 0 Å². The van der Waals surface area contributed by atoms with E-state index >= 15 is 0 Å². The summed E-state index contributed by atoms with van der Waals surface area (Å²) in [7, 11) is 0. The zero-order chi connectivity index (χ0) is 14.7. The first kappa shape index (κ1) is 13.3. The lowest BCUT2D eigenvalue weighted by atomic mass is 10.1. The molecule has 0 N–H and O–H groups in total. The predicted octanol–water partition coefficient (Wildman–Crippen LogP) is 2.91. The van der Waals surface area contributed by atoms with E-state index in [0.29, 0.717) is 23.0 Å². The minimum Gasteiger partial charge on any atom is -0.192 e. The Balaban J connectivity index is 1.88. The molecule has 6 heteroatoms. The zero-order valence-corrected chi connectivity index (χ0v) is 11.7. The summed E-state index contributed by atoms with van der Waals surface area (Å²) in [5.41, 5.74) is 2.27. The second-order valence-electron chi connectivity index (χ2n) is 4.42. The lowest BCUT2D eigenvalue weighted by molar-refractivity contribution is 0.572. The van der Waals surface area contributed by atoms with Gasteiger partial charge in [0, 0.05) is 10.6 Å². The molecule has 0 amide bonds. The monoisotopic (exact) mass is 295 g/mol. The maximum Gasteiger partial charge on any atom is 0.204 e. The fraction of sp³-hybridized carbons (Fsp3) is 0.0667. The van der Waals surface area contributed by atoms with Gasteiger partial charge in [-0.05, 0) is 29.0 Å². The van der Waals surface area contributed by atoms with Crippen molar-refractivity contribution in [1.82, 2.24) is 20.2 Å². The Morgan fingerprint density at radius 3 is 2.81 bits per heavy atom. The molecule has 0 atom stereocenters. The highest BCUT2D eigenvalue weighted by molar-refractivity contribution is 6.30. The minimum absolute atomic E-state index is 0.400. The van der Waals surface area contributed by atoms with Crippen molar-refractivity contribution in [3.8, 4) is 17.5 Å². The molecule has 0 saturated carbocycles. The third-order valence-electron chi connectivity index (χ3n) is 2.99. The molecule has 5 nitrogen and oxygen atoms in total. The number of hydrogen-bond donors (Lipinski definition) is 0. The summed E-state index contributed by atoms with van der Waals surface area (Å²) in [6.45, 7) is 0.400. The fourth-order valence-electron chi connectivity index (χ4n) is 1.97. The highest BCUT2D eigenvalue weighted by Crippen LogP contribution is 2.18. The smallest absolute Gasteiger partial charge is 0.192 e. The van der Waals surface area contributed by atoms with Gasteiger partial charge in [-0.3, -0.25) is 0 Å².